The normalized spacial score (nSPS) is 11.5. The number of nitrogens with one attached hydrogen (secondary N) is 2. The fraction of sp³-hybridized carbons (Fsp3) is 0.316. The highest BCUT2D eigenvalue weighted by atomic mass is 32.1. The topological polar surface area (TPSA) is 42.5 Å². The highest BCUT2D eigenvalue weighted by molar-refractivity contribution is 7.80. The van der Waals surface area contributed by atoms with Crippen LogP contribution in [0.3, 0.4) is 0 Å². The fourth-order valence-corrected chi connectivity index (χ4v) is 2.72. The minimum atomic E-state index is 0.283. The van der Waals surface area contributed by atoms with Gasteiger partial charge in [-0.25, -0.2) is 0 Å². The van der Waals surface area contributed by atoms with Gasteiger partial charge in [0, 0.05) is 17.8 Å². The van der Waals surface area contributed by atoms with Crippen LogP contribution in [0.5, 0.6) is 11.5 Å². The van der Waals surface area contributed by atoms with E-state index in [9.17, 15) is 0 Å². The Kier molecular flexibility index (Phi) is 6.88. The van der Waals surface area contributed by atoms with Gasteiger partial charge in [0.05, 0.1) is 14.2 Å². The molecule has 0 saturated heterocycles. The second-order valence-electron chi connectivity index (χ2n) is 5.59. The highest BCUT2D eigenvalue weighted by Crippen LogP contribution is 2.29. The molecule has 0 saturated carbocycles. The van der Waals surface area contributed by atoms with Crippen molar-refractivity contribution in [1.82, 2.24) is 5.32 Å². The Morgan fingerprint density at radius 2 is 1.75 bits per heavy atom. The van der Waals surface area contributed by atoms with Gasteiger partial charge in [0.15, 0.2) is 16.6 Å². The highest BCUT2D eigenvalue weighted by Gasteiger charge is 2.08. The summed E-state index contributed by atoms with van der Waals surface area (Å²) in [6.07, 6.45) is 2.03. The summed E-state index contributed by atoms with van der Waals surface area (Å²) in [4.78, 5) is 0. The summed E-state index contributed by atoms with van der Waals surface area (Å²) in [5.74, 6) is 1.36. The summed E-state index contributed by atoms with van der Waals surface area (Å²) in [5.41, 5.74) is 2.20. The first-order chi connectivity index (χ1) is 11.6. The van der Waals surface area contributed by atoms with Gasteiger partial charge in [-0.2, -0.15) is 0 Å². The van der Waals surface area contributed by atoms with Gasteiger partial charge >= 0.3 is 0 Å². The third-order valence-electron chi connectivity index (χ3n) is 3.73. The predicted molar refractivity (Wildman–Crippen MR) is 103 cm³/mol. The molecule has 0 amide bonds. The number of thiocarbonyl (C=S) groups is 1. The molecule has 0 aromatic heterocycles. The standard InChI is InChI=1S/C19H24N2O2S/c1-14(9-10-15-7-5-4-6-8-15)20-19(24)21-16-11-12-17(22-2)18(13-16)23-3/h4-8,11-14H,9-10H2,1-3H3,(H2,20,21,24)/t14-/m1/s1. The second kappa shape index (κ2) is 9.13. The van der Waals surface area contributed by atoms with Crippen molar-refractivity contribution in [2.24, 2.45) is 0 Å². The summed E-state index contributed by atoms with van der Waals surface area (Å²) in [6.45, 7) is 2.13. The summed E-state index contributed by atoms with van der Waals surface area (Å²) < 4.78 is 10.5. The first-order valence-corrected chi connectivity index (χ1v) is 8.36. The van der Waals surface area contributed by atoms with Crippen molar-refractivity contribution in [3.8, 4) is 11.5 Å². The van der Waals surface area contributed by atoms with Gasteiger partial charge in [0.1, 0.15) is 0 Å². The van der Waals surface area contributed by atoms with Gasteiger partial charge in [-0.1, -0.05) is 30.3 Å². The molecule has 24 heavy (non-hydrogen) atoms. The van der Waals surface area contributed by atoms with Crippen LogP contribution in [-0.4, -0.2) is 25.4 Å². The summed E-state index contributed by atoms with van der Waals surface area (Å²) in [5, 5.41) is 7.09. The molecule has 0 aliphatic heterocycles. The number of benzene rings is 2. The van der Waals surface area contributed by atoms with E-state index < -0.39 is 0 Å². The lowest BCUT2D eigenvalue weighted by atomic mass is 10.1. The molecule has 0 heterocycles. The Balaban J connectivity index is 1.84. The first kappa shape index (κ1) is 18.1. The third kappa shape index (κ3) is 5.42. The van der Waals surface area contributed by atoms with Crippen molar-refractivity contribution < 1.29 is 9.47 Å². The molecule has 0 radical (unpaired) electrons. The molecule has 5 heteroatoms. The molecule has 0 fully saturated rings. The lowest BCUT2D eigenvalue weighted by molar-refractivity contribution is 0.355. The molecule has 2 rings (SSSR count). The van der Waals surface area contributed by atoms with E-state index in [1.54, 1.807) is 14.2 Å². The average Bonchev–Trinajstić information content (AvgIpc) is 2.60. The number of ether oxygens (including phenoxy) is 2. The van der Waals surface area contributed by atoms with Crippen LogP contribution in [0.15, 0.2) is 48.5 Å². The maximum atomic E-state index is 5.39. The Hall–Kier alpha value is -2.27. The van der Waals surface area contributed by atoms with Gasteiger partial charge in [-0.05, 0) is 49.7 Å². The van der Waals surface area contributed by atoms with Gasteiger partial charge in [0.2, 0.25) is 0 Å². The van der Waals surface area contributed by atoms with Crippen LogP contribution in [0.4, 0.5) is 5.69 Å². The van der Waals surface area contributed by atoms with Crippen LogP contribution < -0.4 is 20.1 Å². The molecule has 128 valence electrons. The van der Waals surface area contributed by atoms with E-state index in [0.29, 0.717) is 16.6 Å². The van der Waals surface area contributed by atoms with E-state index in [2.05, 4.69) is 41.8 Å². The average molecular weight is 344 g/mol. The smallest absolute Gasteiger partial charge is 0.170 e. The van der Waals surface area contributed by atoms with E-state index in [1.807, 2.05) is 24.3 Å². The molecule has 2 aromatic rings. The zero-order valence-electron chi connectivity index (χ0n) is 14.3. The lowest BCUT2D eigenvalue weighted by Gasteiger charge is -2.17. The Bertz CT molecular complexity index is 662. The zero-order valence-corrected chi connectivity index (χ0v) is 15.2. The molecule has 0 aliphatic rings. The minimum Gasteiger partial charge on any atom is -0.493 e. The van der Waals surface area contributed by atoms with Gasteiger partial charge in [0.25, 0.3) is 0 Å². The summed E-state index contributed by atoms with van der Waals surface area (Å²) in [6, 6.07) is 16.4. The van der Waals surface area contributed by atoms with Crippen LogP contribution in [0.25, 0.3) is 0 Å². The summed E-state index contributed by atoms with van der Waals surface area (Å²) in [7, 11) is 3.23. The molecule has 2 aromatic carbocycles. The number of hydrogen-bond donors (Lipinski definition) is 2. The van der Waals surface area contributed by atoms with Crippen molar-refractivity contribution in [2.45, 2.75) is 25.8 Å². The van der Waals surface area contributed by atoms with E-state index in [4.69, 9.17) is 21.7 Å². The SMILES string of the molecule is COc1ccc(NC(=S)N[C@H](C)CCc2ccccc2)cc1OC. The Morgan fingerprint density at radius 1 is 1.04 bits per heavy atom. The number of anilines is 1. The van der Waals surface area contributed by atoms with Crippen molar-refractivity contribution in [3.05, 3.63) is 54.1 Å². The molecule has 0 spiro atoms. The van der Waals surface area contributed by atoms with Crippen LogP contribution in [-0.2, 0) is 6.42 Å². The monoisotopic (exact) mass is 344 g/mol. The van der Waals surface area contributed by atoms with Crippen LogP contribution in [0.2, 0.25) is 0 Å². The Morgan fingerprint density at radius 3 is 2.42 bits per heavy atom. The molecule has 0 unspecified atom stereocenters. The van der Waals surface area contributed by atoms with Crippen molar-refractivity contribution in [3.63, 3.8) is 0 Å². The molecule has 0 bridgehead atoms. The number of methoxy groups -OCH3 is 2. The van der Waals surface area contributed by atoms with Gasteiger partial charge in [-0.3, -0.25) is 0 Å². The van der Waals surface area contributed by atoms with Crippen molar-refractivity contribution in [2.75, 3.05) is 19.5 Å². The van der Waals surface area contributed by atoms with E-state index in [0.717, 1.165) is 18.5 Å². The van der Waals surface area contributed by atoms with Gasteiger partial charge < -0.3 is 20.1 Å². The van der Waals surface area contributed by atoms with Crippen LogP contribution in [0.1, 0.15) is 18.9 Å². The van der Waals surface area contributed by atoms with Crippen LogP contribution >= 0.6 is 12.2 Å². The molecular formula is C19H24N2O2S. The molecular weight excluding hydrogens is 320 g/mol. The molecule has 2 N–H and O–H groups in total. The van der Waals surface area contributed by atoms with E-state index >= 15 is 0 Å². The number of aryl methyl sites for hydroxylation is 1. The predicted octanol–water partition coefficient (Wildman–Crippen LogP) is 4.01. The van der Waals surface area contributed by atoms with Gasteiger partial charge in [-0.15, -0.1) is 0 Å². The fourth-order valence-electron chi connectivity index (χ4n) is 2.40. The first-order valence-electron chi connectivity index (χ1n) is 7.96. The Labute approximate surface area is 149 Å². The second-order valence-corrected chi connectivity index (χ2v) is 6.00. The quantitative estimate of drug-likeness (QED) is 0.743. The maximum absolute atomic E-state index is 5.39. The van der Waals surface area contributed by atoms with Crippen molar-refractivity contribution >= 4 is 23.0 Å². The zero-order chi connectivity index (χ0) is 17.4. The molecule has 1 atom stereocenters. The van der Waals surface area contributed by atoms with E-state index in [1.165, 1.54) is 5.56 Å². The molecule has 4 nitrogen and oxygen atoms in total. The summed E-state index contributed by atoms with van der Waals surface area (Å²) >= 11 is 5.39. The number of hydrogen-bond acceptors (Lipinski definition) is 3. The van der Waals surface area contributed by atoms with Crippen LogP contribution in [0, 0.1) is 0 Å². The number of rotatable bonds is 7. The largest absolute Gasteiger partial charge is 0.493 e. The maximum Gasteiger partial charge on any atom is 0.170 e. The van der Waals surface area contributed by atoms with Crippen molar-refractivity contribution in [1.29, 1.82) is 0 Å². The third-order valence-corrected chi connectivity index (χ3v) is 3.95. The minimum absolute atomic E-state index is 0.283. The van der Waals surface area contributed by atoms with E-state index in [-0.39, 0.29) is 6.04 Å². The molecule has 0 aliphatic carbocycles. The lowest BCUT2D eigenvalue weighted by Crippen LogP contribution is -2.36.